The molecule has 1 heterocycles. The van der Waals surface area contributed by atoms with E-state index in [4.69, 9.17) is 0 Å². The summed E-state index contributed by atoms with van der Waals surface area (Å²) in [5.41, 5.74) is 0. The maximum Gasteiger partial charge on any atom is 0.0252 e. The van der Waals surface area contributed by atoms with Gasteiger partial charge in [0, 0.05) is 18.1 Å². The molecular formula is C17H32N2. The van der Waals surface area contributed by atoms with E-state index in [0.717, 1.165) is 24.0 Å². The standard InChI is InChI=1S/C17H32N2/c1-18-15-10-4-2-3-5-11-17(15)19-13-7-9-14-8-6-12-16(14)19/h14-18H,2-13H2,1H3. The Kier molecular flexibility index (Phi) is 4.81. The first-order valence-corrected chi connectivity index (χ1v) is 8.83. The Balaban J connectivity index is 1.72. The average molecular weight is 264 g/mol. The number of rotatable bonds is 2. The molecule has 0 aromatic rings. The van der Waals surface area contributed by atoms with E-state index in [1.807, 2.05) is 0 Å². The van der Waals surface area contributed by atoms with Gasteiger partial charge in [0.1, 0.15) is 0 Å². The number of hydrogen-bond acceptors (Lipinski definition) is 2. The molecule has 0 aromatic carbocycles. The summed E-state index contributed by atoms with van der Waals surface area (Å²) in [7, 11) is 2.19. The van der Waals surface area contributed by atoms with Gasteiger partial charge < -0.3 is 5.32 Å². The van der Waals surface area contributed by atoms with Crippen LogP contribution in [0.25, 0.3) is 0 Å². The third kappa shape index (κ3) is 3.00. The van der Waals surface area contributed by atoms with Crippen LogP contribution >= 0.6 is 0 Å². The first-order chi connectivity index (χ1) is 9.40. The van der Waals surface area contributed by atoms with Crippen molar-refractivity contribution in [2.24, 2.45) is 5.92 Å². The lowest BCUT2D eigenvalue weighted by molar-refractivity contribution is 0.0401. The van der Waals surface area contributed by atoms with Gasteiger partial charge in [-0.3, -0.25) is 4.90 Å². The van der Waals surface area contributed by atoms with E-state index in [1.54, 1.807) is 0 Å². The molecule has 2 saturated carbocycles. The summed E-state index contributed by atoms with van der Waals surface area (Å²) < 4.78 is 0. The minimum absolute atomic E-state index is 0.750. The Morgan fingerprint density at radius 2 is 1.47 bits per heavy atom. The van der Waals surface area contributed by atoms with Crippen LogP contribution in [0.3, 0.4) is 0 Å². The lowest BCUT2D eigenvalue weighted by Gasteiger charge is -2.46. The van der Waals surface area contributed by atoms with Gasteiger partial charge in [0.15, 0.2) is 0 Å². The van der Waals surface area contributed by atoms with Gasteiger partial charge in [-0.1, -0.05) is 32.1 Å². The summed E-state index contributed by atoms with van der Waals surface area (Å²) in [4.78, 5) is 2.95. The predicted molar refractivity (Wildman–Crippen MR) is 81.4 cm³/mol. The van der Waals surface area contributed by atoms with Gasteiger partial charge in [-0.2, -0.15) is 0 Å². The average Bonchev–Trinajstić information content (AvgIpc) is 2.87. The molecule has 3 rings (SSSR count). The number of likely N-dealkylation sites (N-methyl/N-ethyl adjacent to an activating group) is 1. The van der Waals surface area contributed by atoms with E-state index >= 15 is 0 Å². The lowest BCUT2D eigenvalue weighted by atomic mass is 9.85. The third-order valence-corrected chi connectivity index (χ3v) is 6.06. The summed E-state index contributed by atoms with van der Waals surface area (Å²) in [5.74, 6) is 1.04. The molecule has 1 aliphatic heterocycles. The molecular weight excluding hydrogens is 232 g/mol. The van der Waals surface area contributed by atoms with Crippen LogP contribution in [0.5, 0.6) is 0 Å². The van der Waals surface area contributed by atoms with E-state index in [0.29, 0.717) is 0 Å². The first kappa shape index (κ1) is 13.9. The Labute approximate surface area is 119 Å². The summed E-state index contributed by atoms with van der Waals surface area (Å²) in [6, 6.07) is 2.52. The second-order valence-corrected chi connectivity index (χ2v) is 7.09. The van der Waals surface area contributed by atoms with Gasteiger partial charge >= 0.3 is 0 Å². The zero-order valence-corrected chi connectivity index (χ0v) is 12.7. The minimum Gasteiger partial charge on any atom is -0.315 e. The van der Waals surface area contributed by atoms with E-state index in [-0.39, 0.29) is 0 Å². The molecule has 0 radical (unpaired) electrons. The minimum atomic E-state index is 0.750. The molecule has 4 unspecified atom stereocenters. The molecule has 110 valence electrons. The highest BCUT2D eigenvalue weighted by Crippen LogP contribution is 2.39. The van der Waals surface area contributed by atoms with Gasteiger partial charge in [-0.15, -0.1) is 0 Å². The van der Waals surface area contributed by atoms with Crippen LogP contribution < -0.4 is 5.32 Å². The van der Waals surface area contributed by atoms with E-state index in [9.17, 15) is 0 Å². The highest BCUT2D eigenvalue weighted by Gasteiger charge is 2.39. The molecule has 2 aliphatic carbocycles. The van der Waals surface area contributed by atoms with Crippen molar-refractivity contribution in [3.05, 3.63) is 0 Å². The van der Waals surface area contributed by atoms with Crippen molar-refractivity contribution >= 4 is 0 Å². The SMILES string of the molecule is CNC1CCCCCCC1N1CCCC2CCCC21. The van der Waals surface area contributed by atoms with E-state index < -0.39 is 0 Å². The molecule has 0 aromatic heterocycles. The highest BCUT2D eigenvalue weighted by molar-refractivity contribution is 4.95. The molecule has 3 aliphatic rings. The van der Waals surface area contributed by atoms with Crippen molar-refractivity contribution in [1.82, 2.24) is 10.2 Å². The quantitative estimate of drug-likeness (QED) is 0.820. The van der Waals surface area contributed by atoms with Crippen LogP contribution in [0.15, 0.2) is 0 Å². The molecule has 1 N–H and O–H groups in total. The van der Waals surface area contributed by atoms with Gasteiger partial charge in [0.05, 0.1) is 0 Å². The molecule has 3 fully saturated rings. The number of hydrogen-bond donors (Lipinski definition) is 1. The highest BCUT2D eigenvalue weighted by atomic mass is 15.2. The van der Waals surface area contributed by atoms with Crippen molar-refractivity contribution in [2.45, 2.75) is 88.8 Å². The lowest BCUT2D eigenvalue weighted by Crippen LogP contribution is -2.56. The molecule has 19 heavy (non-hydrogen) atoms. The Morgan fingerprint density at radius 3 is 2.32 bits per heavy atom. The normalized spacial score (nSPS) is 41.5. The van der Waals surface area contributed by atoms with Gasteiger partial charge in [-0.05, 0) is 58.0 Å². The Hall–Kier alpha value is -0.0800. The number of nitrogens with zero attached hydrogens (tertiary/aromatic N) is 1. The smallest absolute Gasteiger partial charge is 0.0252 e. The number of likely N-dealkylation sites (tertiary alicyclic amines) is 1. The van der Waals surface area contributed by atoms with Crippen LogP contribution in [-0.4, -0.2) is 36.6 Å². The zero-order valence-electron chi connectivity index (χ0n) is 12.7. The van der Waals surface area contributed by atoms with Crippen LogP contribution in [0.2, 0.25) is 0 Å². The van der Waals surface area contributed by atoms with Crippen molar-refractivity contribution in [3.63, 3.8) is 0 Å². The zero-order chi connectivity index (χ0) is 13.1. The van der Waals surface area contributed by atoms with Crippen LogP contribution in [0.4, 0.5) is 0 Å². The van der Waals surface area contributed by atoms with E-state index in [1.165, 1.54) is 77.2 Å². The summed E-state index contributed by atoms with van der Waals surface area (Å²) >= 11 is 0. The van der Waals surface area contributed by atoms with Gasteiger partial charge in [0.25, 0.3) is 0 Å². The monoisotopic (exact) mass is 264 g/mol. The fraction of sp³-hybridized carbons (Fsp3) is 1.00. The van der Waals surface area contributed by atoms with Gasteiger partial charge in [0.2, 0.25) is 0 Å². The predicted octanol–water partition coefficient (Wildman–Crippen LogP) is 3.56. The largest absolute Gasteiger partial charge is 0.315 e. The molecule has 0 bridgehead atoms. The molecule has 2 nitrogen and oxygen atoms in total. The van der Waals surface area contributed by atoms with Crippen LogP contribution in [0.1, 0.15) is 70.6 Å². The number of fused-ring (bicyclic) bond motifs is 1. The van der Waals surface area contributed by atoms with E-state index in [2.05, 4.69) is 17.3 Å². The molecule has 0 amide bonds. The Bertz CT molecular complexity index is 278. The van der Waals surface area contributed by atoms with Crippen molar-refractivity contribution < 1.29 is 0 Å². The molecule has 4 atom stereocenters. The first-order valence-electron chi connectivity index (χ1n) is 8.83. The summed E-state index contributed by atoms with van der Waals surface area (Å²) in [6.45, 7) is 1.38. The van der Waals surface area contributed by atoms with Crippen LogP contribution in [0, 0.1) is 5.92 Å². The second kappa shape index (κ2) is 6.58. The summed E-state index contributed by atoms with van der Waals surface area (Å²) in [5, 5.41) is 3.66. The second-order valence-electron chi connectivity index (χ2n) is 7.09. The van der Waals surface area contributed by atoms with Crippen molar-refractivity contribution in [1.29, 1.82) is 0 Å². The fourth-order valence-corrected chi connectivity index (χ4v) is 5.10. The maximum absolute atomic E-state index is 3.66. The number of piperidine rings is 1. The topological polar surface area (TPSA) is 15.3 Å². The van der Waals surface area contributed by atoms with Gasteiger partial charge in [-0.25, -0.2) is 0 Å². The molecule has 2 heteroatoms. The van der Waals surface area contributed by atoms with Crippen molar-refractivity contribution in [3.8, 4) is 0 Å². The molecule has 0 spiro atoms. The van der Waals surface area contributed by atoms with Crippen LogP contribution in [-0.2, 0) is 0 Å². The van der Waals surface area contributed by atoms with Crippen molar-refractivity contribution in [2.75, 3.05) is 13.6 Å². The number of nitrogens with one attached hydrogen (secondary N) is 1. The summed E-state index contributed by atoms with van der Waals surface area (Å²) in [6.07, 6.45) is 16.1. The third-order valence-electron chi connectivity index (χ3n) is 6.06. The maximum atomic E-state index is 3.66. The Morgan fingerprint density at radius 1 is 0.737 bits per heavy atom. The fourth-order valence-electron chi connectivity index (χ4n) is 5.10. The molecule has 1 saturated heterocycles.